The summed E-state index contributed by atoms with van der Waals surface area (Å²) in [6.07, 6.45) is 5.52. The number of carbonyl (C=O) groups excluding carboxylic acids is 1. The second-order valence-corrected chi connectivity index (χ2v) is 9.77. The third-order valence-corrected chi connectivity index (χ3v) is 5.81. The fourth-order valence-electron chi connectivity index (χ4n) is 4.28. The smallest absolute Gasteiger partial charge is 0.435 e. The van der Waals surface area contributed by atoms with E-state index >= 15 is 0 Å². The zero-order valence-electron chi connectivity index (χ0n) is 21.0. The standard InChI is InChI=1S/C26H35N5O4/c1-18-9-6-14-27-20(18)17-31(21-12-5-10-19-11-7-15-28-23(19)21)16-8-13-22(29-24(32)33)30-25(34)35-26(2,3)4/h6-7,9,11,14-15,21H,5,8,10,12-13,16-17H2,1-4H3,(H,32,33)(H,29,30,34). The van der Waals surface area contributed by atoms with Crippen molar-refractivity contribution >= 4 is 18.0 Å². The quantitative estimate of drug-likeness (QED) is 0.420. The second-order valence-electron chi connectivity index (χ2n) is 9.77. The first-order valence-corrected chi connectivity index (χ1v) is 12.0. The molecule has 2 aromatic rings. The van der Waals surface area contributed by atoms with Gasteiger partial charge in [-0.1, -0.05) is 12.1 Å². The zero-order chi connectivity index (χ0) is 25.4. The van der Waals surface area contributed by atoms with Gasteiger partial charge < -0.3 is 9.84 Å². The van der Waals surface area contributed by atoms with E-state index in [1.165, 1.54) is 5.56 Å². The number of fused-ring (bicyclic) bond motifs is 1. The van der Waals surface area contributed by atoms with Crippen molar-refractivity contribution in [2.24, 2.45) is 4.99 Å². The Labute approximate surface area is 206 Å². The number of rotatable bonds is 7. The molecular formula is C26H35N5O4. The summed E-state index contributed by atoms with van der Waals surface area (Å²) >= 11 is 0. The van der Waals surface area contributed by atoms with Crippen molar-refractivity contribution in [1.29, 1.82) is 0 Å². The van der Waals surface area contributed by atoms with Crippen molar-refractivity contribution < 1.29 is 19.4 Å². The van der Waals surface area contributed by atoms with Crippen LogP contribution in [-0.2, 0) is 17.7 Å². The first-order valence-electron chi connectivity index (χ1n) is 12.0. The summed E-state index contributed by atoms with van der Waals surface area (Å²) in [6, 6.07) is 8.24. The lowest BCUT2D eigenvalue weighted by Gasteiger charge is -2.35. The molecule has 2 heterocycles. The van der Waals surface area contributed by atoms with Crippen molar-refractivity contribution in [2.75, 3.05) is 6.54 Å². The summed E-state index contributed by atoms with van der Waals surface area (Å²) in [5.41, 5.74) is 3.77. The van der Waals surface area contributed by atoms with Gasteiger partial charge in [0.25, 0.3) is 0 Å². The third kappa shape index (κ3) is 8.13. The van der Waals surface area contributed by atoms with Crippen LogP contribution in [0, 0.1) is 6.92 Å². The van der Waals surface area contributed by atoms with Crippen LogP contribution in [0.4, 0.5) is 9.59 Å². The molecule has 1 aliphatic carbocycles. The average Bonchev–Trinajstić information content (AvgIpc) is 2.77. The minimum Gasteiger partial charge on any atom is -0.465 e. The van der Waals surface area contributed by atoms with Gasteiger partial charge in [0.1, 0.15) is 11.4 Å². The fraction of sp³-hybridized carbons (Fsp3) is 0.500. The summed E-state index contributed by atoms with van der Waals surface area (Å²) in [4.78, 5) is 38.9. The van der Waals surface area contributed by atoms with Crippen LogP contribution in [0.15, 0.2) is 41.7 Å². The molecule has 0 aromatic carbocycles. The molecule has 2 amide bonds. The molecule has 0 bridgehead atoms. The largest absolute Gasteiger partial charge is 0.465 e. The van der Waals surface area contributed by atoms with E-state index in [1.807, 2.05) is 18.3 Å². The van der Waals surface area contributed by atoms with Gasteiger partial charge in [0.15, 0.2) is 0 Å². The van der Waals surface area contributed by atoms with Gasteiger partial charge in [0.2, 0.25) is 0 Å². The minimum absolute atomic E-state index is 0.0721. The van der Waals surface area contributed by atoms with Crippen LogP contribution in [-0.4, -0.2) is 50.1 Å². The minimum atomic E-state index is -1.27. The van der Waals surface area contributed by atoms with Crippen molar-refractivity contribution in [3.8, 4) is 0 Å². The molecule has 188 valence electrons. The van der Waals surface area contributed by atoms with Gasteiger partial charge in [-0.3, -0.25) is 20.2 Å². The number of aliphatic imine (C=N–C) groups is 1. The predicted molar refractivity (Wildman–Crippen MR) is 133 cm³/mol. The number of nitrogens with zero attached hydrogens (tertiary/aromatic N) is 4. The molecule has 0 spiro atoms. The van der Waals surface area contributed by atoms with E-state index in [-0.39, 0.29) is 18.3 Å². The number of aryl methyl sites for hydroxylation is 2. The molecule has 0 saturated heterocycles. The third-order valence-electron chi connectivity index (χ3n) is 5.81. The monoisotopic (exact) mass is 481 g/mol. The molecule has 0 radical (unpaired) electrons. The van der Waals surface area contributed by atoms with Crippen LogP contribution < -0.4 is 5.32 Å². The molecule has 1 aliphatic rings. The normalized spacial score (nSPS) is 16.0. The molecule has 3 rings (SSSR count). The predicted octanol–water partition coefficient (Wildman–Crippen LogP) is 5.05. The maximum absolute atomic E-state index is 12.1. The summed E-state index contributed by atoms with van der Waals surface area (Å²) in [5, 5.41) is 11.5. The molecule has 1 unspecified atom stereocenters. The lowest BCUT2D eigenvalue weighted by Crippen LogP contribution is -2.35. The van der Waals surface area contributed by atoms with Crippen molar-refractivity contribution in [3.05, 3.63) is 59.2 Å². The first-order chi connectivity index (χ1) is 16.6. The number of carbonyl (C=O) groups is 2. The number of carboxylic acid groups (broad SMARTS) is 1. The fourth-order valence-corrected chi connectivity index (χ4v) is 4.28. The zero-order valence-corrected chi connectivity index (χ0v) is 21.0. The number of amidine groups is 1. The van der Waals surface area contributed by atoms with Gasteiger partial charge in [-0.25, -0.2) is 9.59 Å². The lowest BCUT2D eigenvalue weighted by molar-refractivity contribution is 0.0603. The Kier molecular flexibility index (Phi) is 8.92. The molecule has 9 nitrogen and oxygen atoms in total. The van der Waals surface area contributed by atoms with E-state index in [0.717, 1.165) is 36.2 Å². The highest BCUT2D eigenvalue weighted by atomic mass is 16.6. The van der Waals surface area contributed by atoms with E-state index in [0.29, 0.717) is 19.5 Å². The molecule has 0 saturated carbocycles. The molecule has 9 heteroatoms. The Hall–Kier alpha value is -3.33. The van der Waals surface area contributed by atoms with Crippen molar-refractivity contribution in [3.63, 3.8) is 0 Å². The summed E-state index contributed by atoms with van der Waals surface area (Å²) in [6.45, 7) is 8.56. The number of nitrogens with one attached hydrogen (secondary N) is 1. The highest BCUT2D eigenvalue weighted by molar-refractivity contribution is 5.99. The Morgan fingerprint density at radius 1 is 1.23 bits per heavy atom. The maximum atomic E-state index is 12.1. The number of hydrogen-bond acceptors (Lipinski definition) is 6. The summed E-state index contributed by atoms with van der Waals surface area (Å²) in [5.74, 6) is 0.0721. The van der Waals surface area contributed by atoms with E-state index in [4.69, 9.17) is 9.72 Å². The second kappa shape index (κ2) is 11.9. The molecular weight excluding hydrogens is 446 g/mol. The number of ether oxygens (including phenoxy) is 1. The first kappa shape index (κ1) is 26.3. The highest BCUT2D eigenvalue weighted by Gasteiger charge is 2.28. The molecule has 2 aromatic heterocycles. The van der Waals surface area contributed by atoms with Gasteiger partial charge >= 0.3 is 12.2 Å². The maximum Gasteiger partial charge on any atom is 0.435 e. The molecule has 0 aliphatic heterocycles. The van der Waals surface area contributed by atoms with E-state index in [2.05, 4.69) is 39.2 Å². The van der Waals surface area contributed by atoms with Gasteiger partial charge in [0, 0.05) is 25.4 Å². The average molecular weight is 482 g/mol. The van der Waals surface area contributed by atoms with E-state index in [9.17, 15) is 14.7 Å². The van der Waals surface area contributed by atoms with Crippen molar-refractivity contribution in [2.45, 2.75) is 78.0 Å². The van der Waals surface area contributed by atoms with Gasteiger partial charge in [-0.05, 0) is 83.2 Å². The van der Waals surface area contributed by atoms with Crippen LogP contribution in [0.2, 0.25) is 0 Å². The van der Waals surface area contributed by atoms with Gasteiger partial charge in [-0.15, -0.1) is 0 Å². The Bertz CT molecular complexity index is 1060. The summed E-state index contributed by atoms with van der Waals surface area (Å²) < 4.78 is 5.22. The Morgan fingerprint density at radius 2 is 1.97 bits per heavy atom. The summed E-state index contributed by atoms with van der Waals surface area (Å²) in [7, 11) is 0. The van der Waals surface area contributed by atoms with Gasteiger partial charge in [-0.2, -0.15) is 4.99 Å². The van der Waals surface area contributed by atoms with Crippen LogP contribution in [0.5, 0.6) is 0 Å². The van der Waals surface area contributed by atoms with Crippen LogP contribution >= 0.6 is 0 Å². The molecule has 2 N–H and O–H groups in total. The number of aromatic nitrogens is 2. The van der Waals surface area contributed by atoms with Crippen LogP contribution in [0.25, 0.3) is 0 Å². The van der Waals surface area contributed by atoms with E-state index in [1.54, 1.807) is 27.0 Å². The number of pyridine rings is 2. The molecule has 35 heavy (non-hydrogen) atoms. The SMILES string of the molecule is Cc1cccnc1CN(CCC/C(=N\C(=O)OC(C)(C)C)NC(=O)O)C1CCCc2cccnc21. The highest BCUT2D eigenvalue weighted by Crippen LogP contribution is 2.34. The van der Waals surface area contributed by atoms with Crippen LogP contribution in [0.3, 0.4) is 0 Å². The van der Waals surface area contributed by atoms with E-state index < -0.39 is 17.8 Å². The number of hydrogen-bond donors (Lipinski definition) is 2. The van der Waals surface area contributed by atoms with Crippen LogP contribution in [0.1, 0.15) is 75.0 Å². The van der Waals surface area contributed by atoms with Crippen molar-refractivity contribution in [1.82, 2.24) is 20.2 Å². The lowest BCUT2D eigenvalue weighted by atomic mass is 9.90. The molecule has 1 atom stereocenters. The van der Waals surface area contributed by atoms with Gasteiger partial charge in [0.05, 0.1) is 17.4 Å². The Balaban J connectivity index is 1.77. The Morgan fingerprint density at radius 3 is 2.69 bits per heavy atom. The topological polar surface area (TPSA) is 117 Å². The number of amides is 2. The molecule has 0 fully saturated rings.